The largest absolute Gasteiger partial charge is 0.479 e. The molecule has 5 atom stereocenters. The number of ether oxygens (including phenoxy) is 3. The van der Waals surface area contributed by atoms with Gasteiger partial charge in [0.1, 0.15) is 18.3 Å². The van der Waals surface area contributed by atoms with Crippen molar-refractivity contribution in [1.29, 1.82) is 0 Å². The molecule has 15 heavy (non-hydrogen) atoms. The van der Waals surface area contributed by atoms with Crippen molar-refractivity contribution in [1.82, 2.24) is 0 Å². The fraction of sp³-hybridized carbons (Fsp3) is 0.875. The van der Waals surface area contributed by atoms with Crippen molar-refractivity contribution in [3.8, 4) is 0 Å². The van der Waals surface area contributed by atoms with E-state index in [0.717, 1.165) is 0 Å². The lowest BCUT2D eigenvalue weighted by atomic mass is 9.99. The summed E-state index contributed by atoms with van der Waals surface area (Å²) in [4.78, 5) is 10.7. The SMILES string of the molecule is CO[C@@H]1O[C@H](C(=O)O)[C@@H](O)[C@H](O)[C@H]1OC. The van der Waals surface area contributed by atoms with Crippen molar-refractivity contribution in [3.05, 3.63) is 0 Å². The van der Waals surface area contributed by atoms with Gasteiger partial charge in [0, 0.05) is 14.2 Å². The molecule has 0 spiro atoms. The number of aliphatic hydroxyl groups excluding tert-OH is 2. The molecule has 1 rings (SSSR count). The van der Waals surface area contributed by atoms with E-state index in [2.05, 4.69) is 0 Å². The molecule has 0 aromatic carbocycles. The van der Waals surface area contributed by atoms with Crippen molar-refractivity contribution < 1.29 is 34.3 Å². The molecule has 1 aliphatic rings. The second-order valence-corrected chi connectivity index (χ2v) is 3.18. The normalized spacial score (nSPS) is 41.5. The number of carboxylic acid groups (broad SMARTS) is 1. The molecule has 1 fully saturated rings. The second-order valence-electron chi connectivity index (χ2n) is 3.18. The number of carbonyl (C=O) groups is 1. The number of aliphatic hydroxyl groups is 2. The van der Waals surface area contributed by atoms with Crippen LogP contribution in [0.1, 0.15) is 0 Å². The topological polar surface area (TPSA) is 105 Å². The Balaban J connectivity index is 2.82. The third kappa shape index (κ3) is 2.27. The molecule has 0 amide bonds. The first kappa shape index (κ1) is 12.3. The third-order valence-corrected chi connectivity index (χ3v) is 2.29. The molecular formula is C8H14O7. The van der Waals surface area contributed by atoms with Crippen LogP contribution in [0.25, 0.3) is 0 Å². The standard InChI is InChI=1S/C8H14O7/c1-13-6-4(10)3(9)5(7(11)12)15-8(6)14-2/h3-6,8-10H,1-2H3,(H,11,12)/t3-,4-,5-,6+,8+/m0/s1. The molecular weight excluding hydrogens is 208 g/mol. The lowest BCUT2D eigenvalue weighted by Gasteiger charge is -2.39. The van der Waals surface area contributed by atoms with E-state index < -0.39 is 36.7 Å². The number of hydrogen-bond donors (Lipinski definition) is 3. The van der Waals surface area contributed by atoms with Crippen LogP contribution in [0.3, 0.4) is 0 Å². The quantitative estimate of drug-likeness (QED) is 0.516. The minimum atomic E-state index is -1.54. The average molecular weight is 222 g/mol. The molecule has 7 heteroatoms. The smallest absolute Gasteiger partial charge is 0.335 e. The highest BCUT2D eigenvalue weighted by atomic mass is 16.7. The minimum Gasteiger partial charge on any atom is -0.479 e. The van der Waals surface area contributed by atoms with Gasteiger partial charge in [0.25, 0.3) is 0 Å². The number of carboxylic acids is 1. The Morgan fingerprint density at radius 2 is 1.80 bits per heavy atom. The molecule has 0 bridgehead atoms. The van der Waals surface area contributed by atoms with Crippen LogP contribution in [0.5, 0.6) is 0 Å². The van der Waals surface area contributed by atoms with Gasteiger partial charge in [-0.15, -0.1) is 0 Å². The summed E-state index contributed by atoms with van der Waals surface area (Å²) in [5.41, 5.74) is 0. The van der Waals surface area contributed by atoms with Gasteiger partial charge in [0.2, 0.25) is 0 Å². The van der Waals surface area contributed by atoms with E-state index in [9.17, 15) is 15.0 Å². The maximum absolute atomic E-state index is 10.7. The summed E-state index contributed by atoms with van der Waals surface area (Å²) in [6.07, 6.45) is -6.36. The average Bonchev–Trinajstić information content (AvgIpc) is 2.21. The molecule has 0 radical (unpaired) electrons. The number of rotatable bonds is 3. The summed E-state index contributed by atoms with van der Waals surface area (Å²) in [5.74, 6) is -1.36. The highest BCUT2D eigenvalue weighted by Gasteiger charge is 2.48. The number of hydrogen-bond acceptors (Lipinski definition) is 6. The van der Waals surface area contributed by atoms with Gasteiger partial charge in [0.15, 0.2) is 12.4 Å². The minimum absolute atomic E-state index is 0.916. The molecule has 0 aromatic rings. The zero-order chi connectivity index (χ0) is 11.6. The highest BCUT2D eigenvalue weighted by Crippen LogP contribution is 2.23. The van der Waals surface area contributed by atoms with Gasteiger partial charge in [-0.2, -0.15) is 0 Å². The summed E-state index contributed by atoms with van der Waals surface area (Å²) in [5, 5.41) is 27.7. The van der Waals surface area contributed by atoms with Gasteiger partial charge in [-0.3, -0.25) is 0 Å². The van der Waals surface area contributed by atoms with Crippen LogP contribution in [-0.2, 0) is 19.0 Å². The van der Waals surface area contributed by atoms with Crippen molar-refractivity contribution >= 4 is 5.97 Å². The van der Waals surface area contributed by atoms with Crippen LogP contribution in [0, 0.1) is 0 Å². The van der Waals surface area contributed by atoms with E-state index in [-0.39, 0.29) is 0 Å². The molecule has 7 nitrogen and oxygen atoms in total. The lowest BCUT2D eigenvalue weighted by molar-refractivity contribution is -0.292. The molecule has 0 saturated carbocycles. The Bertz CT molecular complexity index is 229. The molecule has 1 saturated heterocycles. The van der Waals surface area contributed by atoms with Crippen molar-refractivity contribution in [2.75, 3.05) is 14.2 Å². The fourth-order valence-corrected chi connectivity index (χ4v) is 1.48. The Hall–Kier alpha value is -0.730. The van der Waals surface area contributed by atoms with Gasteiger partial charge in [-0.25, -0.2) is 4.79 Å². The Morgan fingerprint density at radius 3 is 2.20 bits per heavy atom. The number of aliphatic carboxylic acids is 1. The fourth-order valence-electron chi connectivity index (χ4n) is 1.48. The van der Waals surface area contributed by atoms with Gasteiger partial charge in [0.05, 0.1) is 0 Å². The van der Waals surface area contributed by atoms with Gasteiger partial charge < -0.3 is 29.5 Å². The summed E-state index contributed by atoms with van der Waals surface area (Å²) in [7, 11) is 2.59. The summed E-state index contributed by atoms with van der Waals surface area (Å²) >= 11 is 0. The number of methoxy groups -OCH3 is 2. The predicted molar refractivity (Wildman–Crippen MR) is 46.1 cm³/mol. The van der Waals surface area contributed by atoms with E-state index in [4.69, 9.17) is 19.3 Å². The van der Waals surface area contributed by atoms with E-state index in [1.165, 1.54) is 14.2 Å². The van der Waals surface area contributed by atoms with Crippen LogP contribution < -0.4 is 0 Å². The van der Waals surface area contributed by atoms with Crippen molar-refractivity contribution in [2.24, 2.45) is 0 Å². The Kier molecular flexibility index (Phi) is 4.00. The molecule has 3 N–H and O–H groups in total. The predicted octanol–water partition coefficient (Wildman–Crippen LogP) is -1.82. The maximum Gasteiger partial charge on any atom is 0.335 e. The van der Waals surface area contributed by atoms with E-state index in [1.54, 1.807) is 0 Å². The van der Waals surface area contributed by atoms with Crippen LogP contribution in [0.2, 0.25) is 0 Å². The van der Waals surface area contributed by atoms with E-state index in [1.807, 2.05) is 0 Å². The Labute approximate surface area is 86.2 Å². The summed E-state index contributed by atoms with van der Waals surface area (Å²) < 4.78 is 14.6. The van der Waals surface area contributed by atoms with Gasteiger partial charge in [-0.1, -0.05) is 0 Å². The van der Waals surface area contributed by atoms with Crippen molar-refractivity contribution in [3.63, 3.8) is 0 Å². The molecule has 1 heterocycles. The van der Waals surface area contributed by atoms with Gasteiger partial charge in [-0.05, 0) is 0 Å². The third-order valence-electron chi connectivity index (χ3n) is 2.29. The first-order valence-corrected chi connectivity index (χ1v) is 4.33. The lowest BCUT2D eigenvalue weighted by Crippen LogP contribution is -2.60. The van der Waals surface area contributed by atoms with E-state index >= 15 is 0 Å². The highest BCUT2D eigenvalue weighted by molar-refractivity contribution is 5.73. The van der Waals surface area contributed by atoms with Gasteiger partial charge >= 0.3 is 5.97 Å². The van der Waals surface area contributed by atoms with Crippen LogP contribution in [0.15, 0.2) is 0 Å². The molecule has 0 aliphatic carbocycles. The first-order valence-electron chi connectivity index (χ1n) is 4.33. The monoisotopic (exact) mass is 222 g/mol. The summed E-state index contributed by atoms with van der Waals surface area (Å²) in [6, 6.07) is 0. The van der Waals surface area contributed by atoms with Crippen molar-refractivity contribution in [2.45, 2.75) is 30.7 Å². The first-order chi connectivity index (χ1) is 7.02. The second kappa shape index (κ2) is 4.86. The van der Waals surface area contributed by atoms with Crippen LogP contribution in [0.4, 0.5) is 0 Å². The van der Waals surface area contributed by atoms with Crippen LogP contribution in [-0.4, -0.2) is 66.2 Å². The Morgan fingerprint density at radius 1 is 1.20 bits per heavy atom. The zero-order valence-electron chi connectivity index (χ0n) is 8.36. The molecule has 1 aliphatic heterocycles. The molecule has 0 unspecified atom stereocenters. The molecule has 88 valence electrons. The van der Waals surface area contributed by atoms with E-state index in [0.29, 0.717) is 0 Å². The summed E-state index contributed by atoms with van der Waals surface area (Å²) in [6.45, 7) is 0. The molecule has 0 aromatic heterocycles. The van der Waals surface area contributed by atoms with Crippen LogP contribution >= 0.6 is 0 Å². The zero-order valence-corrected chi connectivity index (χ0v) is 8.36. The maximum atomic E-state index is 10.7.